The predicted molar refractivity (Wildman–Crippen MR) is 127 cm³/mol. The highest BCUT2D eigenvalue weighted by molar-refractivity contribution is 8.29. The van der Waals surface area contributed by atoms with Crippen LogP contribution >= 0.6 is 47.0 Å². The van der Waals surface area contributed by atoms with Gasteiger partial charge >= 0.3 is 11.9 Å². The molecule has 30 heavy (non-hydrogen) atoms. The van der Waals surface area contributed by atoms with Crippen LogP contribution in [0.4, 0.5) is 0 Å². The molecule has 0 saturated heterocycles. The zero-order valence-corrected chi connectivity index (χ0v) is 19.3. The van der Waals surface area contributed by atoms with Crippen molar-refractivity contribution in [3.63, 3.8) is 0 Å². The van der Waals surface area contributed by atoms with Gasteiger partial charge in [0, 0.05) is 9.79 Å². The largest absolute Gasteiger partial charge is 0.465 e. The molecule has 2 aliphatic heterocycles. The number of ether oxygens (including phenoxy) is 2. The normalized spacial score (nSPS) is 15.1. The topological polar surface area (TPSA) is 52.6 Å². The van der Waals surface area contributed by atoms with Crippen molar-refractivity contribution in [3.05, 3.63) is 77.9 Å². The minimum Gasteiger partial charge on any atom is -0.465 e. The van der Waals surface area contributed by atoms with Gasteiger partial charge in [-0.25, -0.2) is 9.59 Å². The molecule has 4 nitrogen and oxygen atoms in total. The number of thioether (sulfide) groups is 4. The summed E-state index contributed by atoms with van der Waals surface area (Å²) in [5.74, 6) is -1.07. The minimum absolute atomic E-state index is 0.260. The summed E-state index contributed by atoms with van der Waals surface area (Å²) in [6.45, 7) is 0. The number of benzene rings is 2. The second-order valence-corrected chi connectivity index (χ2v) is 10.9. The third-order valence-electron chi connectivity index (χ3n) is 4.10. The molecule has 2 aromatic carbocycles. The summed E-state index contributed by atoms with van der Waals surface area (Å²) in [5, 5.41) is 0. The van der Waals surface area contributed by atoms with E-state index in [-0.39, 0.29) is 9.81 Å². The molecule has 0 bridgehead atoms. The van der Waals surface area contributed by atoms with Gasteiger partial charge < -0.3 is 9.47 Å². The summed E-state index contributed by atoms with van der Waals surface area (Å²) in [7, 11) is 2.59. The Morgan fingerprint density at radius 2 is 1.17 bits per heavy atom. The maximum absolute atomic E-state index is 12.0. The van der Waals surface area contributed by atoms with Crippen LogP contribution < -0.4 is 0 Å². The van der Waals surface area contributed by atoms with E-state index in [1.54, 1.807) is 23.5 Å². The standard InChI is InChI=1S/C22H16O4S4/c1-25-21(23)19-20(22(24)26-2)30-18(29-19)12-14-7-5-6-13(10-14)11-17-27-15-8-3-4-9-16(15)28-17/h3-12H,1-2H3. The van der Waals surface area contributed by atoms with Gasteiger partial charge in [-0.1, -0.05) is 77.4 Å². The zero-order chi connectivity index (χ0) is 21.1. The van der Waals surface area contributed by atoms with E-state index in [4.69, 9.17) is 9.47 Å². The van der Waals surface area contributed by atoms with Crippen LogP contribution in [0.5, 0.6) is 0 Å². The van der Waals surface area contributed by atoms with Crippen LogP contribution in [0.3, 0.4) is 0 Å². The first-order valence-corrected chi connectivity index (χ1v) is 12.1. The maximum atomic E-state index is 12.0. The molecule has 0 fully saturated rings. The number of carbonyl (C=O) groups is 2. The van der Waals surface area contributed by atoms with Crippen molar-refractivity contribution >= 4 is 71.1 Å². The Morgan fingerprint density at radius 1 is 0.700 bits per heavy atom. The Morgan fingerprint density at radius 3 is 1.63 bits per heavy atom. The summed E-state index contributed by atoms with van der Waals surface area (Å²) in [6.07, 6.45) is 4.13. The molecule has 2 heterocycles. The highest BCUT2D eigenvalue weighted by atomic mass is 32.2. The van der Waals surface area contributed by atoms with Crippen LogP contribution in [0.15, 0.2) is 76.6 Å². The third kappa shape index (κ3) is 4.67. The Kier molecular flexibility index (Phi) is 6.67. The van der Waals surface area contributed by atoms with Gasteiger partial charge in [-0.15, -0.1) is 0 Å². The molecule has 0 radical (unpaired) electrons. The molecule has 2 aliphatic rings. The molecule has 0 unspecified atom stereocenters. The lowest BCUT2D eigenvalue weighted by Gasteiger charge is -2.01. The Hall–Kier alpha value is -2.00. The monoisotopic (exact) mass is 472 g/mol. The van der Waals surface area contributed by atoms with Crippen LogP contribution in [-0.2, 0) is 19.1 Å². The lowest BCUT2D eigenvalue weighted by Crippen LogP contribution is -2.08. The number of hydrogen-bond donors (Lipinski definition) is 0. The summed E-state index contributed by atoms with van der Waals surface area (Å²) in [6, 6.07) is 16.5. The van der Waals surface area contributed by atoms with E-state index in [2.05, 4.69) is 42.5 Å². The van der Waals surface area contributed by atoms with Crippen molar-refractivity contribution in [2.45, 2.75) is 9.79 Å². The molecule has 152 valence electrons. The van der Waals surface area contributed by atoms with Gasteiger partial charge in [0.15, 0.2) is 0 Å². The van der Waals surface area contributed by atoms with Gasteiger partial charge in [0.25, 0.3) is 0 Å². The number of esters is 2. The minimum atomic E-state index is -0.537. The molecule has 0 spiro atoms. The van der Waals surface area contributed by atoms with E-state index in [1.807, 2.05) is 18.2 Å². The summed E-state index contributed by atoms with van der Waals surface area (Å²) in [5.41, 5.74) is 2.08. The third-order valence-corrected chi connectivity index (χ3v) is 8.94. The summed E-state index contributed by atoms with van der Waals surface area (Å²) in [4.78, 5) is 27.1. The van der Waals surface area contributed by atoms with Crippen molar-refractivity contribution in [3.8, 4) is 0 Å². The molecular formula is C22H16O4S4. The fraction of sp³-hybridized carbons (Fsp3) is 0.0909. The van der Waals surface area contributed by atoms with Crippen molar-refractivity contribution in [2.75, 3.05) is 14.2 Å². The van der Waals surface area contributed by atoms with Gasteiger partial charge in [0.05, 0.1) is 22.7 Å². The molecule has 2 aromatic rings. The molecule has 0 aliphatic carbocycles. The van der Waals surface area contributed by atoms with Gasteiger partial charge in [0.1, 0.15) is 9.81 Å². The SMILES string of the molecule is COC(=O)C1=C(C(=O)OC)SC(=Cc2cccc(C=C3Sc4ccccc4S3)c2)S1. The molecule has 0 saturated carbocycles. The molecular weight excluding hydrogens is 457 g/mol. The number of carbonyl (C=O) groups excluding carboxylic acids is 2. The lowest BCUT2D eigenvalue weighted by atomic mass is 10.1. The fourth-order valence-corrected chi connectivity index (χ4v) is 7.56. The zero-order valence-electron chi connectivity index (χ0n) is 16.0. The molecule has 0 atom stereocenters. The highest BCUT2D eigenvalue weighted by Crippen LogP contribution is 2.52. The number of fused-ring (bicyclic) bond motifs is 1. The summed E-state index contributed by atoms with van der Waals surface area (Å²) < 4.78 is 11.6. The fourth-order valence-electron chi connectivity index (χ4n) is 2.75. The first-order valence-electron chi connectivity index (χ1n) is 8.82. The first kappa shape index (κ1) is 21.2. The van der Waals surface area contributed by atoms with E-state index < -0.39 is 11.9 Å². The van der Waals surface area contributed by atoms with Crippen LogP contribution in [-0.4, -0.2) is 26.2 Å². The molecule has 0 amide bonds. The quantitative estimate of drug-likeness (QED) is 0.486. The van der Waals surface area contributed by atoms with E-state index in [0.29, 0.717) is 0 Å². The van der Waals surface area contributed by atoms with E-state index in [9.17, 15) is 9.59 Å². The van der Waals surface area contributed by atoms with Crippen molar-refractivity contribution in [1.29, 1.82) is 0 Å². The van der Waals surface area contributed by atoms with E-state index in [1.165, 1.54) is 51.8 Å². The van der Waals surface area contributed by atoms with Gasteiger partial charge in [-0.3, -0.25) is 0 Å². The predicted octanol–water partition coefficient (Wildman–Crippen LogP) is 6.22. The van der Waals surface area contributed by atoms with Crippen LogP contribution in [0.25, 0.3) is 12.2 Å². The average molecular weight is 473 g/mol. The van der Waals surface area contributed by atoms with Gasteiger partial charge in [-0.05, 0) is 41.5 Å². The van der Waals surface area contributed by atoms with Gasteiger partial charge in [-0.2, -0.15) is 0 Å². The first-order chi connectivity index (χ1) is 14.6. The number of rotatable bonds is 4. The van der Waals surface area contributed by atoms with Gasteiger partial charge in [0.2, 0.25) is 0 Å². The Bertz CT molecular complexity index is 1060. The van der Waals surface area contributed by atoms with E-state index >= 15 is 0 Å². The second-order valence-electron chi connectivity index (χ2n) is 6.09. The maximum Gasteiger partial charge on any atom is 0.346 e. The van der Waals surface area contributed by atoms with Crippen LogP contribution in [0, 0.1) is 0 Å². The van der Waals surface area contributed by atoms with Crippen LogP contribution in [0.1, 0.15) is 11.1 Å². The average Bonchev–Trinajstić information content (AvgIpc) is 3.36. The van der Waals surface area contributed by atoms with Crippen molar-refractivity contribution in [1.82, 2.24) is 0 Å². The highest BCUT2D eigenvalue weighted by Gasteiger charge is 2.32. The number of hydrogen-bond acceptors (Lipinski definition) is 8. The molecule has 0 aromatic heterocycles. The number of methoxy groups -OCH3 is 2. The second kappa shape index (κ2) is 9.43. The molecule has 8 heteroatoms. The van der Waals surface area contributed by atoms with Crippen molar-refractivity contribution < 1.29 is 19.1 Å². The Balaban J connectivity index is 1.54. The van der Waals surface area contributed by atoms with Crippen molar-refractivity contribution in [2.24, 2.45) is 0 Å². The smallest absolute Gasteiger partial charge is 0.346 e. The Labute approximate surface area is 191 Å². The van der Waals surface area contributed by atoms with E-state index in [0.717, 1.165) is 15.4 Å². The summed E-state index contributed by atoms with van der Waals surface area (Å²) >= 11 is 6.00. The molecule has 0 N–H and O–H groups in total. The lowest BCUT2D eigenvalue weighted by molar-refractivity contribution is -0.138. The molecule has 4 rings (SSSR count). The van der Waals surface area contributed by atoms with Crippen LogP contribution in [0.2, 0.25) is 0 Å².